The van der Waals surface area contributed by atoms with Crippen LogP contribution in [0.5, 0.6) is 0 Å². The second-order valence-electron chi connectivity index (χ2n) is 4.34. The van der Waals surface area contributed by atoms with Crippen molar-refractivity contribution in [1.82, 2.24) is 4.90 Å². The molecule has 0 spiro atoms. The molecule has 0 heterocycles. The van der Waals surface area contributed by atoms with Crippen LogP contribution in [0.25, 0.3) is 0 Å². The number of nitrogens with zero attached hydrogens (tertiary/aromatic N) is 1. The molecule has 96 valence electrons. The molecular formula is C14H22ClNO. The van der Waals surface area contributed by atoms with Gasteiger partial charge in [0.15, 0.2) is 0 Å². The van der Waals surface area contributed by atoms with Gasteiger partial charge < -0.3 is 10.0 Å². The van der Waals surface area contributed by atoms with E-state index in [1.165, 1.54) is 0 Å². The van der Waals surface area contributed by atoms with Gasteiger partial charge in [0.1, 0.15) is 0 Å². The summed E-state index contributed by atoms with van der Waals surface area (Å²) in [4.78, 5) is 2.30. The summed E-state index contributed by atoms with van der Waals surface area (Å²) < 4.78 is 0. The van der Waals surface area contributed by atoms with Crippen molar-refractivity contribution in [2.24, 2.45) is 0 Å². The van der Waals surface area contributed by atoms with E-state index in [4.69, 9.17) is 11.6 Å². The largest absolute Gasteiger partial charge is 0.388 e. The Morgan fingerprint density at radius 1 is 1.29 bits per heavy atom. The van der Waals surface area contributed by atoms with Gasteiger partial charge in [0, 0.05) is 11.6 Å². The highest BCUT2D eigenvalue weighted by molar-refractivity contribution is 6.31. The minimum atomic E-state index is -0.423. The molecule has 1 aromatic rings. The zero-order valence-electron chi connectivity index (χ0n) is 10.9. The Kier molecular flexibility index (Phi) is 5.96. The van der Waals surface area contributed by atoms with E-state index in [0.29, 0.717) is 0 Å². The molecule has 0 aliphatic heterocycles. The Morgan fingerprint density at radius 2 is 1.94 bits per heavy atom. The topological polar surface area (TPSA) is 23.5 Å². The van der Waals surface area contributed by atoms with Crippen LogP contribution in [-0.4, -0.2) is 29.6 Å². The number of hydrogen-bond acceptors (Lipinski definition) is 2. The summed E-state index contributed by atoms with van der Waals surface area (Å²) in [6.07, 6.45) is 0.329. The third kappa shape index (κ3) is 4.30. The van der Waals surface area contributed by atoms with E-state index in [1.807, 2.05) is 25.1 Å². The monoisotopic (exact) mass is 255 g/mol. The predicted molar refractivity (Wildman–Crippen MR) is 73.6 cm³/mol. The lowest BCUT2D eigenvalue weighted by Gasteiger charge is -2.20. The summed E-state index contributed by atoms with van der Waals surface area (Å²) in [6.45, 7) is 9.21. The summed E-state index contributed by atoms with van der Waals surface area (Å²) >= 11 is 6.05. The van der Waals surface area contributed by atoms with Crippen LogP contribution in [0.15, 0.2) is 18.2 Å². The molecule has 0 fully saturated rings. The van der Waals surface area contributed by atoms with Crippen molar-refractivity contribution in [3.63, 3.8) is 0 Å². The number of hydrogen-bond donors (Lipinski definition) is 1. The van der Waals surface area contributed by atoms with Gasteiger partial charge >= 0.3 is 0 Å². The van der Waals surface area contributed by atoms with Gasteiger partial charge in [-0.05, 0) is 43.6 Å². The van der Waals surface area contributed by atoms with Crippen molar-refractivity contribution in [2.75, 3.05) is 19.6 Å². The number of aliphatic hydroxyl groups excluding tert-OH is 1. The van der Waals surface area contributed by atoms with Crippen molar-refractivity contribution < 1.29 is 5.11 Å². The molecule has 1 unspecified atom stereocenters. The van der Waals surface area contributed by atoms with Gasteiger partial charge in [-0.15, -0.1) is 0 Å². The lowest BCUT2D eigenvalue weighted by molar-refractivity contribution is 0.145. The maximum Gasteiger partial charge on any atom is 0.0802 e. The van der Waals surface area contributed by atoms with Gasteiger partial charge in [0.05, 0.1) is 6.10 Å². The van der Waals surface area contributed by atoms with Crippen molar-refractivity contribution >= 4 is 11.6 Å². The maximum atomic E-state index is 10.1. The van der Waals surface area contributed by atoms with E-state index in [-0.39, 0.29) is 0 Å². The van der Waals surface area contributed by atoms with Crippen molar-refractivity contribution in [1.29, 1.82) is 0 Å². The van der Waals surface area contributed by atoms with Crippen LogP contribution >= 0.6 is 11.6 Å². The molecule has 1 rings (SSSR count). The normalized spacial score (nSPS) is 13.1. The van der Waals surface area contributed by atoms with Crippen LogP contribution in [0.4, 0.5) is 0 Å². The highest BCUT2D eigenvalue weighted by Crippen LogP contribution is 2.23. The Hall–Kier alpha value is -0.570. The van der Waals surface area contributed by atoms with Crippen molar-refractivity contribution in [2.45, 2.75) is 33.3 Å². The summed E-state index contributed by atoms with van der Waals surface area (Å²) in [6, 6.07) is 5.77. The lowest BCUT2D eigenvalue weighted by Crippen LogP contribution is -2.25. The van der Waals surface area contributed by atoms with E-state index in [0.717, 1.165) is 42.2 Å². The first kappa shape index (κ1) is 14.5. The van der Waals surface area contributed by atoms with Crippen LogP contribution in [0.2, 0.25) is 5.02 Å². The minimum Gasteiger partial charge on any atom is -0.388 e. The van der Waals surface area contributed by atoms with Gasteiger partial charge in [-0.1, -0.05) is 37.6 Å². The number of halogens is 1. The molecule has 0 aliphatic carbocycles. The fourth-order valence-electron chi connectivity index (χ4n) is 1.83. The number of rotatable bonds is 6. The molecule has 1 aromatic carbocycles. The second kappa shape index (κ2) is 7.00. The Balaban J connectivity index is 2.57. The molecule has 1 atom stereocenters. The maximum absolute atomic E-state index is 10.1. The van der Waals surface area contributed by atoms with Crippen LogP contribution in [0.3, 0.4) is 0 Å². The lowest BCUT2D eigenvalue weighted by atomic mass is 10.0. The highest BCUT2D eigenvalue weighted by atomic mass is 35.5. The molecule has 0 aromatic heterocycles. The van der Waals surface area contributed by atoms with Crippen LogP contribution in [0.1, 0.15) is 37.5 Å². The standard InChI is InChI=1S/C14H22ClNO/c1-4-16(5-2)9-8-14(17)12-7-6-11(3)13(15)10-12/h6-7,10,14,17H,4-5,8-9H2,1-3H3. The van der Waals surface area contributed by atoms with Gasteiger partial charge in [-0.3, -0.25) is 0 Å². The van der Waals surface area contributed by atoms with Crippen LogP contribution in [-0.2, 0) is 0 Å². The van der Waals surface area contributed by atoms with Gasteiger partial charge in [0.2, 0.25) is 0 Å². The Bertz CT molecular complexity index is 350. The summed E-state index contributed by atoms with van der Waals surface area (Å²) in [5.74, 6) is 0. The zero-order chi connectivity index (χ0) is 12.8. The SMILES string of the molecule is CCN(CC)CCC(O)c1ccc(C)c(Cl)c1. The van der Waals surface area contributed by atoms with Crippen molar-refractivity contribution in [3.8, 4) is 0 Å². The average Bonchev–Trinajstić information content (AvgIpc) is 2.33. The van der Waals surface area contributed by atoms with E-state index >= 15 is 0 Å². The molecule has 17 heavy (non-hydrogen) atoms. The van der Waals surface area contributed by atoms with E-state index in [2.05, 4.69) is 18.7 Å². The first-order valence-corrected chi connectivity index (χ1v) is 6.62. The number of benzene rings is 1. The third-order valence-electron chi connectivity index (χ3n) is 3.19. The molecule has 1 N–H and O–H groups in total. The Labute approximate surface area is 109 Å². The molecule has 0 saturated carbocycles. The zero-order valence-corrected chi connectivity index (χ0v) is 11.7. The van der Waals surface area contributed by atoms with Crippen LogP contribution < -0.4 is 0 Å². The first-order chi connectivity index (χ1) is 8.08. The average molecular weight is 256 g/mol. The number of aryl methyl sites for hydroxylation is 1. The minimum absolute atomic E-state index is 0.423. The fourth-order valence-corrected chi connectivity index (χ4v) is 2.02. The number of aliphatic hydroxyl groups is 1. The molecule has 3 heteroatoms. The molecule has 2 nitrogen and oxygen atoms in total. The van der Waals surface area contributed by atoms with Crippen LogP contribution in [0, 0.1) is 6.92 Å². The highest BCUT2D eigenvalue weighted by Gasteiger charge is 2.10. The Morgan fingerprint density at radius 3 is 2.47 bits per heavy atom. The molecule has 0 amide bonds. The van der Waals surface area contributed by atoms with Gasteiger partial charge in [-0.25, -0.2) is 0 Å². The van der Waals surface area contributed by atoms with Gasteiger partial charge in [0.25, 0.3) is 0 Å². The quantitative estimate of drug-likeness (QED) is 0.842. The third-order valence-corrected chi connectivity index (χ3v) is 3.60. The predicted octanol–water partition coefficient (Wildman–Crippen LogP) is 3.41. The molecule has 0 bridgehead atoms. The summed E-state index contributed by atoms with van der Waals surface area (Å²) in [5.41, 5.74) is 1.96. The first-order valence-electron chi connectivity index (χ1n) is 6.25. The summed E-state index contributed by atoms with van der Waals surface area (Å²) in [5, 5.41) is 10.8. The molecular weight excluding hydrogens is 234 g/mol. The smallest absolute Gasteiger partial charge is 0.0802 e. The van der Waals surface area contributed by atoms with E-state index < -0.39 is 6.10 Å². The molecule has 0 aliphatic rings. The van der Waals surface area contributed by atoms with Crippen molar-refractivity contribution in [3.05, 3.63) is 34.3 Å². The molecule has 0 radical (unpaired) electrons. The molecule has 0 saturated heterocycles. The van der Waals surface area contributed by atoms with Gasteiger partial charge in [-0.2, -0.15) is 0 Å². The fraction of sp³-hybridized carbons (Fsp3) is 0.571. The second-order valence-corrected chi connectivity index (χ2v) is 4.75. The van der Waals surface area contributed by atoms with E-state index in [1.54, 1.807) is 0 Å². The summed E-state index contributed by atoms with van der Waals surface area (Å²) in [7, 11) is 0. The van der Waals surface area contributed by atoms with E-state index in [9.17, 15) is 5.11 Å².